The lowest BCUT2D eigenvalue weighted by atomic mass is 9.81. The number of anilines is 3. The number of aryl methyl sites for hydroxylation is 1. The Morgan fingerprint density at radius 3 is 2.15 bits per heavy atom. The highest BCUT2D eigenvalue weighted by Crippen LogP contribution is 2.56. The molecule has 0 fully saturated rings. The molecule has 0 atom stereocenters. The molecular formula is C49H35N3S. The Morgan fingerprint density at radius 1 is 0.566 bits per heavy atom. The molecule has 53 heavy (non-hydrogen) atoms. The van der Waals surface area contributed by atoms with Crippen LogP contribution in [0.3, 0.4) is 0 Å². The van der Waals surface area contributed by atoms with Crippen LogP contribution in [0.2, 0.25) is 0 Å². The Kier molecular flexibility index (Phi) is 6.39. The largest absolute Gasteiger partial charge is 0.344 e. The van der Waals surface area contributed by atoms with E-state index in [1.165, 1.54) is 86.4 Å². The molecule has 1 aliphatic carbocycles. The molecule has 0 radical (unpaired) electrons. The summed E-state index contributed by atoms with van der Waals surface area (Å²) in [5.41, 5.74) is 13.2. The predicted octanol–water partition coefficient (Wildman–Crippen LogP) is 13.7. The Morgan fingerprint density at radius 2 is 1.30 bits per heavy atom. The smallest absolute Gasteiger partial charge is 0.0702 e. The molecule has 0 aliphatic heterocycles. The number of thiophene rings is 1. The van der Waals surface area contributed by atoms with Crippen LogP contribution in [0.5, 0.6) is 0 Å². The topological polar surface area (TPSA) is 21.1 Å². The van der Waals surface area contributed by atoms with Gasteiger partial charge < -0.3 is 9.47 Å². The number of fused-ring (bicyclic) bond motifs is 11. The second-order valence-electron chi connectivity index (χ2n) is 14.8. The van der Waals surface area contributed by atoms with E-state index in [1.807, 2.05) is 23.6 Å². The lowest BCUT2D eigenvalue weighted by molar-refractivity contribution is 0.661. The summed E-state index contributed by atoms with van der Waals surface area (Å²) in [6, 6.07) is 56.0. The molecule has 0 saturated carbocycles. The third-order valence-electron chi connectivity index (χ3n) is 11.6. The predicted molar refractivity (Wildman–Crippen MR) is 226 cm³/mol. The third kappa shape index (κ3) is 4.30. The van der Waals surface area contributed by atoms with Gasteiger partial charge in [-0.1, -0.05) is 98.8 Å². The molecule has 0 amide bonds. The van der Waals surface area contributed by atoms with Crippen LogP contribution in [0, 0.1) is 0 Å². The second kappa shape index (κ2) is 11.1. The SMILES string of the molecule is Cn1c2ccccc2c2cc(N(c3cc4c(c5ccccc35)-c3ccc(-c5ccccn5)cc3C4(C)C)c3cccc4sc5ccccc5c34)ccc21. The van der Waals surface area contributed by atoms with E-state index in [0.717, 1.165) is 16.9 Å². The van der Waals surface area contributed by atoms with E-state index in [4.69, 9.17) is 4.98 Å². The molecule has 3 nitrogen and oxygen atoms in total. The van der Waals surface area contributed by atoms with E-state index >= 15 is 0 Å². The fourth-order valence-electron chi connectivity index (χ4n) is 9.09. The number of hydrogen-bond acceptors (Lipinski definition) is 3. The van der Waals surface area contributed by atoms with Gasteiger partial charge in [0.2, 0.25) is 0 Å². The second-order valence-corrected chi connectivity index (χ2v) is 15.9. The number of nitrogens with zero attached hydrogens (tertiary/aromatic N) is 3. The van der Waals surface area contributed by atoms with Gasteiger partial charge in [0, 0.05) is 77.3 Å². The maximum atomic E-state index is 4.70. The fraction of sp³-hybridized carbons (Fsp3) is 0.0816. The van der Waals surface area contributed by atoms with Gasteiger partial charge in [0.15, 0.2) is 0 Å². The summed E-state index contributed by atoms with van der Waals surface area (Å²) in [4.78, 5) is 7.25. The molecule has 3 aromatic heterocycles. The van der Waals surface area contributed by atoms with Gasteiger partial charge >= 0.3 is 0 Å². The van der Waals surface area contributed by atoms with Crippen molar-refractivity contribution in [2.45, 2.75) is 19.3 Å². The molecule has 1 aliphatic rings. The third-order valence-corrected chi connectivity index (χ3v) is 12.8. The molecule has 0 saturated heterocycles. The lowest BCUT2D eigenvalue weighted by Crippen LogP contribution is -2.17. The summed E-state index contributed by atoms with van der Waals surface area (Å²) in [5, 5.41) is 7.62. The van der Waals surface area contributed by atoms with Crippen LogP contribution in [0.1, 0.15) is 25.0 Å². The summed E-state index contributed by atoms with van der Waals surface area (Å²) < 4.78 is 4.91. The van der Waals surface area contributed by atoms with Gasteiger partial charge in [0.1, 0.15) is 0 Å². The van der Waals surface area contributed by atoms with Crippen LogP contribution < -0.4 is 4.90 Å². The first kappa shape index (κ1) is 30.4. The van der Waals surface area contributed by atoms with Crippen LogP contribution >= 0.6 is 11.3 Å². The number of pyridine rings is 1. The summed E-state index contributed by atoms with van der Waals surface area (Å²) in [7, 11) is 2.17. The van der Waals surface area contributed by atoms with Gasteiger partial charge in [-0.05, 0) is 94.4 Å². The van der Waals surface area contributed by atoms with Crippen LogP contribution in [0.15, 0.2) is 158 Å². The highest BCUT2D eigenvalue weighted by atomic mass is 32.1. The first-order chi connectivity index (χ1) is 26.0. The number of para-hydroxylation sites is 1. The number of rotatable bonds is 4. The van der Waals surface area contributed by atoms with Crippen molar-refractivity contribution >= 4 is 81.1 Å². The maximum absolute atomic E-state index is 4.70. The molecular weight excluding hydrogens is 663 g/mol. The van der Waals surface area contributed by atoms with Gasteiger partial charge in [0.25, 0.3) is 0 Å². The van der Waals surface area contributed by atoms with Crippen LogP contribution in [0.4, 0.5) is 17.1 Å². The normalized spacial score (nSPS) is 13.3. The molecule has 7 aromatic carbocycles. The van der Waals surface area contributed by atoms with E-state index in [9.17, 15) is 0 Å². The van der Waals surface area contributed by atoms with Gasteiger partial charge in [-0.2, -0.15) is 0 Å². The van der Waals surface area contributed by atoms with Gasteiger partial charge in [0.05, 0.1) is 17.1 Å². The van der Waals surface area contributed by atoms with E-state index in [-0.39, 0.29) is 5.41 Å². The average molecular weight is 698 g/mol. The van der Waals surface area contributed by atoms with Crippen molar-refractivity contribution in [1.82, 2.24) is 9.55 Å². The van der Waals surface area contributed by atoms with E-state index < -0.39 is 0 Å². The van der Waals surface area contributed by atoms with Crippen LogP contribution in [-0.4, -0.2) is 9.55 Å². The minimum Gasteiger partial charge on any atom is -0.344 e. The van der Waals surface area contributed by atoms with E-state index in [0.29, 0.717) is 0 Å². The Labute approximate surface area is 312 Å². The van der Waals surface area contributed by atoms with Gasteiger partial charge in [-0.3, -0.25) is 4.98 Å². The maximum Gasteiger partial charge on any atom is 0.0702 e. The van der Waals surface area contributed by atoms with Crippen molar-refractivity contribution in [2.24, 2.45) is 7.05 Å². The molecule has 252 valence electrons. The Hall–Kier alpha value is -6.23. The Balaban J connectivity index is 1.23. The summed E-state index contributed by atoms with van der Waals surface area (Å²) >= 11 is 1.87. The zero-order chi connectivity index (χ0) is 35.4. The molecule has 10 aromatic rings. The minimum atomic E-state index is -0.236. The van der Waals surface area contributed by atoms with E-state index in [2.05, 4.69) is 176 Å². The van der Waals surface area contributed by atoms with Crippen LogP contribution in [0.25, 0.3) is 75.1 Å². The highest BCUT2D eigenvalue weighted by Gasteiger charge is 2.38. The van der Waals surface area contributed by atoms with E-state index in [1.54, 1.807) is 0 Å². The minimum absolute atomic E-state index is 0.236. The molecule has 4 heteroatoms. The standard InChI is InChI=1S/C49H35N3S/c1-49(2)38-27-30(40-17-10-11-26-50-40)22-24-35(38)47-34-15-5-4-13-32(34)44(29-39(47)49)52(43-19-12-21-46-48(43)36-16-7-9-20-45(36)53-46)31-23-25-42-37(28-31)33-14-6-8-18-41(33)51(42)3/h4-29H,1-3H3. The molecule has 0 bridgehead atoms. The monoisotopic (exact) mass is 697 g/mol. The average Bonchev–Trinajstić information content (AvgIpc) is 3.80. The van der Waals surface area contributed by atoms with Gasteiger partial charge in [-0.25, -0.2) is 0 Å². The van der Waals surface area contributed by atoms with Crippen molar-refractivity contribution in [2.75, 3.05) is 4.90 Å². The number of aromatic nitrogens is 2. The van der Waals surface area contributed by atoms with Crippen molar-refractivity contribution in [1.29, 1.82) is 0 Å². The number of benzene rings is 7. The van der Waals surface area contributed by atoms with Crippen molar-refractivity contribution in [3.63, 3.8) is 0 Å². The Bertz CT molecular complexity index is 3110. The quantitative estimate of drug-likeness (QED) is 0.183. The summed E-state index contributed by atoms with van der Waals surface area (Å²) in [6.45, 7) is 4.77. The molecule has 0 unspecified atom stereocenters. The highest BCUT2D eigenvalue weighted by molar-refractivity contribution is 7.26. The number of hydrogen-bond donors (Lipinski definition) is 0. The van der Waals surface area contributed by atoms with Gasteiger partial charge in [-0.15, -0.1) is 11.3 Å². The molecule has 11 rings (SSSR count). The van der Waals surface area contributed by atoms with Crippen LogP contribution in [-0.2, 0) is 12.5 Å². The summed E-state index contributed by atoms with van der Waals surface area (Å²) in [6.07, 6.45) is 1.88. The molecule has 0 spiro atoms. The molecule has 3 heterocycles. The molecule has 0 N–H and O–H groups in total. The van der Waals surface area contributed by atoms with Crippen molar-refractivity contribution in [3.05, 3.63) is 169 Å². The first-order valence-corrected chi connectivity index (χ1v) is 19.1. The summed E-state index contributed by atoms with van der Waals surface area (Å²) in [5.74, 6) is 0. The first-order valence-electron chi connectivity index (χ1n) is 18.3. The fourth-order valence-corrected chi connectivity index (χ4v) is 10.2. The lowest BCUT2D eigenvalue weighted by Gasteiger charge is -2.30. The van der Waals surface area contributed by atoms with Crippen molar-refractivity contribution < 1.29 is 0 Å². The van der Waals surface area contributed by atoms with Crippen molar-refractivity contribution in [3.8, 4) is 22.4 Å². The zero-order valence-corrected chi connectivity index (χ0v) is 30.6. The zero-order valence-electron chi connectivity index (χ0n) is 29.8.